The number of nitrogens with one attached hydrogen (secondary N) is 2. The van der Waals surface area contributed by atoms with Crippen LogP contribution in [0.5, 0.6) is 0 Å². The minimum Gasteiger partial charge on any atom is -0.384 e. The van der Waals surface area contributed by atoms with Crippen molar-refractivity contribution in [3.8, 4) is 0 Å². The summed E-state index contributed by atoms with van der Waals surface area (Å²) in [5, 5.41) is 3.29. The van der Waals surface area contributed by atoms with Crippen molar-refractivity contribution in [3.05, 3.63) is 48.0 Å². The standard InChI is InChI=1S/C14H18N4O/c1-19-10-9-11-5-2-3-6-12(11)16-13-7-4-8-14(17-13)18-15/h2-8H,9-10,15H2,1H3,(H2,16,17,18). The van der Waals surface area contributed by atoms with E-state index < -0.39 is 0 Å². The monoisotopic (exact) mass is 258 g/mol. The maximum atomic E-state index is 5.35. The van der Waals surface area contributed by atoms with Gasteiger partial charge in [-0.1, -0.05) is 24.3 Å². The second kappa shape index (κ2) is 6.72. The largest absolute Gasteiger partial charge is 0.384 e. The molecule has 1 aromatic carbocycles. The van der Waals surface area contributed by atoms with Gasteiger partial charge in [-0.05, 0) is 30.2 Å². The van der Waals surface area contributed by atoms with E-state index >= 15 is 0 Å². The Bertz CT molecular complexity index is 530. The SMILES string of the molecule is COCCc1ccccc1Nc1cccc(NN)n1. The Hall–Kier alpha value is -2.11. The Kier molecular flexibility index (Phi) is 4.72. The number of aromatic nitrogens is 1. The van der Waals surface area contributed by atoms with E-state index in [-0.39, 0.29) is 0 Å². The number of ether oxygens (including phenoxy) is 1. The molecule has 2 aromatic rings. The molecule has 0 aliphatic carbocycles. The number of anilines is 3. The fraction of sp³-hybridized carbons (Fsp3) is 0.214. The normalized spacial score (nSPS) is 10.2. The fourth-order valence-corrected chi connectivity index (χ4v) is 1.79. The molecule has 0 atom stereocenters. The number of nitrogens with zero attached hydrogens (tertiary/aromatic N) is 1. The van der Waals surface area contributed by atoms with Crippen molar-refractivity contribution in [1.82, 2.24) is 4.98 Å². The van der Waals surface area contributed by atoms with Crippen molar-refractivity contribution in [1.29, 1.82) is 0 Å². The fourth-order valence-electron chi connectivity index (χ4n) is 1.79. The number of hydrogen-bond donors (Lipinski definition) is 3. The third-order valence-electron chi connectivity index (χ3n) is 2.75. The second-order valence-electron chi connectivity index (χ2n) is 4.08. The number of pyridine rings is 1. The molecule has 1 heterocycles. The Morgan fingerprint density at radius 3 is 2.68 bits per heavy atom. The molecule has 19 heavy (non-hydrogen) atoms. The Morgan fingerprint density at radius 1 is 1.11 bits per heavy atom. The minimum atomic E-state index is 0.624. The number of para-hydroxylation sites is 1. The minimum absolute atomic E-state index is 0.624. The zero-order valence-corrected chi connectivity index (χ0v) is 10.9. The van der Waals surface area contributed by atoms with Crippen molar-refractivity contribution < 1.29 is 4.74 Å². The van der Waals surface area contributed by atoms with Crippen LogP contribution in [0.1, 0.15) is 5.56 Å². The molecule has 0 saturated carbocycles. The van der Waals surface area contributed by atoms with Crippen molar-refractivity contribution in [2.75, 3.05) is 24.5 Å². The van der Waals surface area contributed by atoms with E-state index in [4.69, 9.17) is 10.6 Å². The summed E-state index contributed by atoms with van der Waals surface area (Å²) in [6, 6.07) is 13.7. The van der Waals surface area contributed by atoms with Crippen LogP contribution in [0.4, 0.5) is 17.3 Å². The number of benzene rings is 1. The lowest BCUT2D eigenvalue weighted by Gasteiger charge is -2.11. The molecule has 0 amide bonds. The molecule has 1 aromatic heterocycles. The number of hydrogen-bond acceptors (Lipinski definition) is 5. The molecule has 100 valence electrons. The Labute approximate surface area is 112 Å². The van der Waals surface area contributed by atoms with Crippen LogP contribution in [0.15, 0.2) is 42.5 Å². The van der Waals surface area contributed by atoms with Gasteiger partial charge < -0.3 is 15.5 Å². The van der Waals surface area contributed by atoms with Gasteiger partial charge in [0.2, 0.25) is 0 Å². The van der Waals surface area contributed by atoms with E-state index in [1.54, 1.807) is 7.11 Å². The lowest BCUT2D eigenvalue weighted by atomic mass is 10.1. The van der Waals surface area contributed by atoms with Crippen LogP contribution < -0.4 is 16.6 Å². The molecule has 2 rings (SSSR count). The van der Waals surface area contributed by atoms with Crippen LogP contribution in [-0.2, 0) is 11.2 Å². The summed E-state index contributed by atoms with van der Waals surface area (Å²) in [6.07, 6.45) is 0.856. The first-order valence-corrected chi connectivity index (χ1v) is 6.11. The van der Waals surface area contributed by atoms with E-state index in [2.05, 4.69) is 21.8 Å². The predicted octanol–water partition coefficient (Wildman–Crippen LogP) is 2.30. The van der Waals surface area contributed by atoms with Crippen LogP contribution in [-0.4, -0.2) is 18.7 Å². The molecule has 0 aliphatic rings. The van der Waals surface area contributed by atoms with Gasteiger partial charge in [0.1, 0.15) is 11.6 Å². The van der Waals surface area contributed by atoms with E-state index in [1.807, 2.05) is 36.4 Å². The number of methoxy groups -OCH3 is 1. The molecule has 0 aliphatic heterocycles. The first-order valence-electron chi connectivity index (χ1n) is 6.11. The molecule has 0 unspecified atom stereocenters. The van der Waals surface area contributed by atoms with Gasteiger partial charge in [0.15, 0.2) is 0 Å². The van der Waals surface area contributed by atoms with Crippen LogP contribution in [0.25, 0.3) is 0 Å². The average molecular weight is 258 g/mol. The topological polar surface area (TPSA) is 72.2 Å². The van der Waals surface area contributed by atoms with Crippen LogP contribution in [0.3, 0.4) is 0 Å². The van der Waals surface area contributed by atoms with Crippen molar-refractivity contribution >= 4 is 17.3 Å². The van der Waals surface area contributed by atoms with E-state index in [0.29, 0.717) is 12.4 Å². The number of nitrogens with two attached hydrogens (primary N) is 1. The van der Waals surface area contributed by atoms with Gasteiger partial charge in [0.25, 0.3) is 0 Å². The van der Waals surface area contributed by atoms with Gasteiger partial charge in [-0.3, -0.25) is 0 Å². The molecule has 0 bridgehead atoms. The highest BCUT2D eigenvalue weighted by Crippen LogP contribution is 2.20. The summed E-state index contributed by atoms with van der Waals surface area (Å²) in [4.78, 5) is 4.33. The Balaban J connectivity index is 2.17. The summed E-state index contributed by atoms with van der Waals surface area (Å²) in [6.45, 7) is 0.691. The highest BCUT2D eigenvalue weighted by molar-refractivity contribution is 5.61. The predicted molar refractivity (Wildman–Crippen MR) is 77.4 cm³/mol. The first kappa shape index (κ1) is 13.3. The second-order valence-corrected chi connectivity index (χ2v) is 4.08. The van der Waals surface area contributed by atoms with Crippen LogP contribution >= 0.6 is 0 Å². The molecule has 5 nitrogen and oxygen atoms in total. The van der Waals surface area contributed by atoms with Gasteiger partial charge >= 0.3 is 0 Å². The van der Waals surface area contributed by atoms with E-state index in [1.165, 1.54) is 5.56 Å². The van der Waals surface area contributed by atoms with E-state index in [0.717, 1.165) is 17.9 Å². The maximum Gasteiger partial charge on any atom is 0.142 e. The molecule has 0 spiro atoms. The summed E-state index contributed by atoms with van der Waals surface area (Å²) in [7, 11) is 1.70. The van der Waals surface area contributed by atoms with Crippen LogP contribution in [0.2, 0.25) is 0 Å². The zero-order chi connectivity index (χ0) is 13.5. The van der Waals surface area contributed by atoms with Gasteiger partial charge in [0, 0.05) is 12.8 Å². The lowest BCUT2D eigenvalue weighted by Crippen LogP contribution is -2.09. The number of rotatable bonds is 6. The molecule has 0 fully saturated rings. The summed E-state index contributed by atoms with van der Waals surface area (Å²) >= 11 is 0. The quantitative estimate of drug-likeness (QED) is 0.548. The van der Waals surface area contributed by atoms with Gasteiger partial charge in [-0.25, -0.2) is 10.8 Å². The number of hydrazine groups is 1. The van der Waals surface area contributed by atoms with Crippen molar-refractivity contribution in [2.45, 2.75) is 6.42 Å². The Morgan fingerprint density at radius 2 is 1.89 bits per heavy atom. The molecule has 5 heteroatoms. The number of nitrogen functional groups attached to an aromatic ring is 1. The molecule has 0 saturated heterocycles. The highest BCUT2D eigenvalue weighted by atomic mass is 16.5. The summed E-state index contributed by atoms with van der Waals surface area (Å²) < 4.78 is 5.12. The average Bonchev–Trinajstić information content (AvgIpc) is 2.46. The maximum absolute atomic E-state index is 5.35. The molecule has 4 N–H and O–H groups in total. The smallest absolute Gasteiger partial charge is 0.142 e. The van der Waals surface area contributed by atoms with Crippen molar-refractivity contribution in [2.24, 2.45) is 5.84 Å². The zero-order valence-electron chi connectivity index (χ0n) is 10.9. The van der Waals surface area contributed by atoms with Gasteiger partial charge in [0.05, 0.1) is 6.61 Å². The van der Waals surface area contributed by atoms with Gasteiger partial charge in [-0.2, -0.15) is 0 Å². The van der Waals surface area contributed by atoms with Crippen LogP contribution in [0, 0.1) is 0 Å². The highest BCUT2D eigenvalue weighted by Gasteiger charge is 2.03. The molecular weight excluding hydrogens is 240 g/mol. The van der Waals surface area contributed by atoms with Crippen molar-refractivity contribution in [3.63, 3.8) is 0 Å². The summed E-state index contributed by atoms with van der Waals surface area (Å²) in [5.74, 6) is 6.73. The first-order chi connectivity index (χ1) is 9.33. The summed E-state index contributed by atoms with van der Waals surface area (Å²) in [5.41, 5.74) is 4.75. The molecular formula is C14H18N4O. The third kappa shape index (κ3) is 3.67. The van der Waals surface area contributed by atoms with Gasteiger partial charge in [-0.15, -0.1) is 0 Å². The third-order valence-corrected chi connectivity index (χ3v) is 2.75. The lowest BCUT2D eigenvalue weighted by molar-refractivity contribution is 0.202. The van der Waals surface area contributed by atoms with E-state index in [9.17, 15) is 0 Å². The molecule has 0 radical (unpaired) electrons.